The van der Waals surface area contributed by atoms with E-state index in [0.29, 0.717) is 11.3 Å². The first kappa shape index (κ1) is 18.1. The Bertz CT molecular complexity index is 760. The van der Waals surface area contributed by atoms with Crippen LogP contribution < -0.4 is 16.0 Å². The van der Waals surface area contributed by atoms with E-state index in [1.165, 1.54) is 0 Å². The van der Waals surface area contributed by atoms with Gasteiger partial charge in [-0.25, -0.2) is 0 Å². The fraction of sp³-hybridized carbons (Fsp3) is 0.222. The Morgan fingerprint density at radius 1 is 1.00 bits per heavy atom. The predicted molar refractivity (Wildman–Crippen MR) is 93.8 cm³/mol. The summed E-state index contributed by atoms with van der Waals surface area (Å²) in [6.07, 6.45) is 1.60. The summed E-state index contributed by atoms with van der Waals surface area (Å²) in [6.45, 7) is 3.82. The molecule has 2 rings (SSSR count). The number of carbonyl (C=O) groups is 3. The number of nitrogens with zero attached hydrogens (tertiary/aromatic N) is 1. The first-order valence-corrected chi connectivity index (χ1v) is 7.86. The van der Waals surface area contributed by atoms with E-state index >= 15 is 0 Å². The maximum atomic E-state index is 12.2. The van der Waals surface area contributed by atoms with Gasteiger partial charge < -0.3 is 16.0 Å². The van der Waals surface area contributed by atoms with Gasteiger partial charge in [-0.3, -0.25) is 19.4 Å². The number of pyridine rings is 1. The Morgan fingerprint density at radius 3 is 2.40 bits per heavy atom. The fourth-order valence-electron chi connectivity index (χ4n) is 2.06. The second-order valence-corrected chi connectivity index (χ2v) is 5.63. The normalized spacial score (nSPS) is 10.2. The molecule has 2 aromatic rings. The van der Waals surface area contributed by atoms with E-state index in [1.54, 1.807) is 48.7 Å². The van der Waals surface area contributed by atoms with Crippen LogP contribution in [-0.4, -0.2) is 28.7 Å². The Morgan fingerprint density at radius 2 is 1.72 bits per heavy atom. The van der Waals surface area contributed by atoms with Crippen molar-refractivity contribution in [2.75, 3.05) is 5.32 Å². The second-order valence-electron chi connectivity index (χ2n) is 5.63. The average Bonchev–Trinajstić information content (AvgIpc) is 2.60. The van der Waals surface area contributed by atoms with Gasteiger partial charge in [0.05, 0.1) is 23.5 Å². The molecule has 130 valence electrons. The van der Waals surface area contributed by atoms with E-state index in [4.69, 9.17) is 0 Å². The lowest BCUT2D eigenvalue weighted by molar-refractivity contribution is -0.136. The number of nitrogens with one attached hydrogen (secondary N) is 3. The summed E-state index contributed by atoms with van der Waals surface area (Å²) < 4.78 is 0. The molecule has 0 spiro atoms. The number of aromatic nitrogens is 1. The van der Waals surface area contributed by atoms with Crippen LogP contribution in [0.4, 0.5) is 5.69 Å². The third-order valence-corrected chi connectivity index (χ3v) is 3.20. The van der Waals surface area contributed by atoms with Gasteiger partial charge in [-0.15, -0.1) is 0 Å². The molecule has 0 aliphatic heterocycles. The van der Waals surface area contributed by atoms with Gasteiger partial charge in [0.1, 0.15) is 0 Å². The first-order chi connectivity index (χ1) is 12.0. The zero-order valence-corrected chi connectivity index (χ0v) is 14.1. The molecule has 0 radical (unpaired) electrons. The summed E-state index contributed by atoms with van der Waals surface area (Å²) >= 11 is 0. The van der Waals surface area contributed by atoms with Gasteiger partial charge >= 0.3 is 11.8 Å². The lowest BCUT2D eigenvalue weighted by Crippen LogP contribution is -2.36. The Kier molecular flexibility index (Phi) is 6.22. The topological polar surface area (TPSA) is 100 Å². The number of rotatable bonds is 5. The zero-order valence-electron chi connectivity index (χ0n) is 14.1. The number of hydrogen-bond acceptors (Lipinski definition) is 4. The van der Waals surface area contributed by atoms with Crippen LogP contribution in [0.1, 0.15) is 29.9 Å². The van der Waals surface area contributed by atoms with Crippen LogP contribution in [0.2, 0.25) is 0 Å². The smallest absolute Gasteiger partial charge is 0.313 e. The van der Waals surface area contributed by atoms with Crippen molar-refractivity contribution in [1.29, 1.82) is 0 Å². The van der Waals surface area contributed by atoms with E-state index in [1.807, 2.05) is 13.8 Å². The van der Waals surface area contributed by atoms with Crippen LogP contribution in [0, 0.1) is 0 Å². The Labute approximate surface area is 145 Å². The molecule has 0 aliphatic carbocycles. The highest BCUT2D eigenvalue weighted by molar-refractivity contribution is 6.40. The molecule has 7 nitrogen and oxygen atoms in total. The minimum absolute atomic E-state index is 0.0436. The quantitative estimate of drug-likeness (QED) is 0.718. The van der Waals surface area contributed by atoms with E-state index in [2.05, 4.69) is 20.9 Å². The van der Waals surface area contributed by atoms with Crippen molar-refractivity contribution < 1.29 is 14.4 Å². The Balaban J connectivity index is 2.00. The molecule has 0 unspecified atom stereocenters. The fourth-order valence-corrected chi connectivity index (χ4v) is 2.06. The van der Waals surface area contributed by atoms with Crippen LogP contribution in [0.15, 0.2) is 48.7 Å². The highest BCUT2D eigenvalue weighted by Crippen LogP contribution is 2.15. The molecule has 3 amide bonds. The van der Waals surface area contributed by atoms with Gasteiger partial charge in [-0.1, -0.05) is 18.2 Å². The molecule has 0 saturated heterocycles. The molecule has 7 heteroatoms. The van der Waals surface area contributed by atoms with Crippen LogP contribution in [0.3, 0.4) is 0 Å². The number of anilines is 1. The summed E-state index contributed by atoms with van der Waals surface area (Å²) in [6, 6.07) is 11.8. The molecule has 1 heterocycles. The van der Waals surface area contributed by atoms with Gasteiger partial charge in [0.15, 0.2) is 0 Å². The number of hydrogen-bond donors (Lipinski definition) is 3. The summed E-state index contributed by atoms with van der Waals surface area (Å²) in [4.78, 5) is 40.2. The van der Waals surface area contributed by atoms with Crippen LogP contribution in [-0.2, 0) is 16.1 Å². The van der Waals surface area contributed by atoms with Crippen LogP contribution in [0.25, 0.3) is 0 Å². The van der Waals surface area contributed by atoms with Crippen molar-refractivity contribution in [2.24, 2.45) is 0 Å². The molecular weight excluding hydrogens is 320 g/mol. The lowest BCUT2D eigenvalue weighted by atomic mass is 10.1. The van der Waals surface area contributed by atoms with Crippen LogP contribution >= 0.6 is 0 Å². The van der Waals surface area contributed by atoms with Gasteiger partial charge in [0.25, 0.3) is 5.91 Å². The molecule has 0 fully saturated rings. The molecule has 25 heavy (non-hydrogen) atoms. The van der Waals surface area contributed by atoms with Crippen molar-refractivity contribution in [3.63, 3.8) is 0 Å². The molecule has 3 N–H and O–H groups in total. The van der Waals surface area contributed by atoms with Gasteiger partial charge in [-0.2, -0.15) is 0 Å². The minimum atomic E-state index is -0.847. The Hall–Kier alpha value is -3.22. The summed E-state index contributed by atoms with van der Waals surface area (Å²) in [5.41, 5.74) is 1.21. The van der Waals surface area contributed by atoms with E-state index < -0.39 is 11.8 Å². The van der Waals surface area contributed by atoms with E-state index in [-0.39, 0.29) is 24.2 Å². The number of amides is 3. The minimum Gasteiger partial charge on any atom is -0.350 e. The number of carbonyl (C=O) groups excluding carboxylic acids is 3. The highest BCUT2D eigenvalue weighted by atomic mass is 16.2. The molecule has 0 bridgehead atoms. The molecule has 1 aromatic carbocycles. The van der Waals surface area contributed by atoms with Crippen molar-refractivity contribution in [1.82, 2.24) is 15.6 Å². The highest BCUT2D eigenvalue weighted by Gasteiger charge is 2.18. The van der Waals surface area contributed by atoms with Crippen molar-refractivity contribution in [2.45, 2.75) is 26.4 Å². The van der Waals surface area contributed by atoms with Gasteiger partial charge in [0.2, 0.25) is 0 Å². The predicted octanol–water partition coefficient (Wildman–Crippen LogP) is 1.47. The monoisotopic (exact) mass is 340 g/mol. The second kappa shape index (κ2) is 8.58. The van der Waals surface area contributed by atoms with E-state index in [0.717, 1.165) is 0 Å². The summed E-state index contributed by atoms with van der Waals surface area (Å²) in [5.74, 6) is -1.97. The molecule has 1 aromatic heterocycles. The number of para-hydroxylation sites is 1. The maximum Gasteiger partial charge on any atom is 0.313 e. The SMILES string of the molecule is CC(C)NC(=O)c1ccccc1NC(=O)C(=O)NCc1ccccn1. The standard InChI is InChI=1S/C18H20N4O3/c1-12(2)21-16(23)14-8-3-4-9-15(14)22-18(25)17(24)20-11-13-7-5-6-10-19-13/h3-10,12H,11H2,1-2H3,(H,20,24)(H,21,23)(H,22,25). The van der Waals surface area contributed by atoms with E-state index in [9.17, 15) is 14.4 Å². The average molecular weight is 340 g/mol. The van der Waals surface area contributed by atoms with Crippen molar-refractivity contribution in [3.05, 3.63) is 59.9 Å². The zero-order chi connectivity index (χ0) is 18.2. The molecule has 0 atom stereocenters. The van der Waals surface area contributed by atoms with Gasteiger partial charge in [0, 0.05) is 12.2 Å². The summed E-state index contributed by atoms with van der Waals surface area (Å²) in [7, 11) is 0. The lowest BCUT2D eigenvalue weighted by Gasteiger charge is -2.13. The first-order valence-electron chi connectivity index (χ1n) is 7.86. The van der Waals surface area contributed by atoms with Crippen LogP contribution in [0.5, 0.6) is 0 Å². The number of benzene rings is 1. The third kappa shape index (κ3) is 5.42. The van der Waals surface area contributed by atoms with Gasteiger partial charge in [-0.05, 0) is 38.1 Å². The molecule has 0 aliphatic rings. The molecule has 0 saturated carbocycles. The van der Waals surface area contributed by atoms with Crippen molar-refractivity contribution in [3.8, 4) is 0 Å². The largest absolute Gasteiger partial charge is 0.350 e. The molecular formula is C18H20N4O3. The third-order valence-electron chi connectivity index (χ3n) is 3.20. The summed E-state index contributed by atoms with van der Waals surface area (Å²) in [5, 5.41) is 7.70. The van der Waals surface area contributed by atoms with Crippen molar-refractivity contribution >= 4 is 23.4 Å². The maximum absolute atomic E-state index is 12.2.